The van der Waals surface area contributed by atoms with Crippen molar-refractivity contribution >= 4 is 5.91 Å². The zero-order chi connectivity index (χ0) is 10.8. The van der Waals surface area contributed by atoms with Crippen molar-refractivity contribution < 1.29 is 9.90 Å². The Labute approximate surface area is 90.4 Å². The van der Waals surface area contributed by atoms with Crippen molar-refractivity contribution in [2.75, 3.05) is 13.2 Å². The van der Waals surface area contributed by atoms with Crippen molar-refractivity contribution in [1.29, 1.82) is 0 Å². The fraction of sp³-hybridized carbons (Fsp3) is 0.909. The van der Waals surface area contributed by atoms with Gasteiger partial charge in [0.2, 0.25) is 5.91 Å². The molecule has 1 aliphatic carbocycles. The third kappa shape index (κ3) is 2.16. The summed E-state index contributed by atoms with van der Waals surface area (Å²) in [7, 11) is 0. The molecule has 3 N–H and O–H groups in total. The van der Waals surface area contributed by atoms with Crippen LogP contribution in [-0.4, -0.2) is 41.1 Å². The van der Waals surface area contributed by atoms with Gasteiger partial charge in [-0.3, -0.25) is 4.79 Å². The van der Waals surface area contributed by atoms with Crippen molar-refractivity contribution in [2.24, 2.45) is 11.7 Å². The van der Waals surface area contributed by atoms with Gasteiger partial charge in [-0.05, 0) is 32.1 Å². The van der Waals surface area contributed by atoms with Crippen LogP contribution in [0.1, 0.15) is 32.1 Å². The summed E-state index contributed by atoms with van der Waals surface area (Å²) in [4.78, 5) is 14.0. The van der Waals surface area contributed by atoms with E-state index < -0.39 is 0 Å². The van der Waals surface area contributed by atoms with Crippen molar-refractivity contribution in [3.05, 3.63) is 0 Å². The van der Waals surface area contributed by atoms with Gasteiger partial charge < -0.3 is 15.7 Å². The number of amides is 1. The van der Waals surface area contributed by atoms with Crippen molar-refractivity contribution in [1.82, 2.24) is 4.90 Å². The molecule has 1 heterocycles. The van der Waals surface area contributed by atoms with E-state index in [-0.39, 0.29) is 30.5 Å². The highest BCUT2D eigenvalue weighted by Gasteiger charge is 2.35. The molecule has 0 spiro atoms. The van der Waals surface area contributed by atoms with Crippen LogP contribution in [0.3, 0.4) is 0 Å². The quantitative estimate of drug-likeness (QED) is 0.682. The van der Waals surface area contributed by atoms with E-state index in [1.807, 2.05) is 4.90 Å². The summed E-state index contributed by atoms with van der Waals surface area (Å²) in [6, 6.07) is 0.267. The number of nitrogens with zero attached hydrogens (tertiary/aromatic N) is 1. The van der Waals surface area contributed by atoms with E-state index >= 15 is 0 Å². The Balaban J connectivity index is 1.95. The molecule has 15 heavy (non-hydrogen) atoms. The SMILES string of the molecule is NC1CCC(C(=O)N2CCCC2CO)C1. The van der Waals surface area contributed by atoms with Crippen LogP contribution >= 0.6 is 0 Å². The molecule has 2 aliphatic rings. The molecule has 2 rings (SSSR count). The lowest BCUT2D eigenvalue weighted by atomic mass is 10.1. The van der Waals surface area contributed by atoms with Crippen LogP contribution in [0.5, 0.6) is 0 Å². The van der Waals surface area contributed by atoms with Gasteiger partial charge in [0, 0.05) is 18.5 Å². The van der Waals surface area contributed by atoms with E-state index in [1.54, 1.807) is 0 Å². The molecule has 86 valence electrons. The average Bonchev–Trinajstić information content (AvgIpc) is 2.84. The first-order valence-corrected chi connectivity index (χ1v) is 5.89. The Morgan fingerprint density at radius 1 is 1.40 bits per heavy atom. The minimum atomic E-state index is 0.0642. The molecule has 3 atom stereocenters. The average molecular weight is 212 g/mol. The maximum Gasteiger partial charge on any atom is 0.226 e. The molecule has 1 saturated carbocycles. The van der Waals surface area contributed by atoms with Gasteiger partial charge in [0.05, 0.1) is 12.6 Å². The van der Waals surface area contributed by atoms with Crippen molar-refractivity contribution in [3.8, 4) is 0 Å². The van der Waals surface area contributed by atoms with Gasteiger partial charge in [-0.2, -0.15) is 0 Å². The van der Waals surface area contributed by atoms with Crippen LogP contribution in [0.15, 0.2) is 0 Å². The van der Waals surface area contributed by atoms with Crippen LogP contribution in [0.2, 0.25) is 0 Å². The summed E-state index contributed by atoms with van der Waals surface area (Å²) >= 11 is 0. The minimum absolute atomic E-state index is 0.0642. The second-order valence-electron chi connectivity index (χ2n) is 4.78. The Morgan fingerprint density at radius 2 is 2.20 bits per heavy atom. The number of carbonyl (C=O) groups excluding carboxylic acids is 1. The number of nitrogens with two attached hydrogens (primary N) is 1. The molecule has 3 unspecified atom stereocenters. The van der Waals surface area contributed by atoms with Crippen molar-refractivity contribution in [2.45, 2.75) is 44.2 Å². The van der Waals surface area contributed by atoms with Crippen molar-refractivity contribution in [3.63, 3.8) is 0 Å². The first kappa shape index (κ1) is 10.9. The van der Waals surface area contributed by atoms with Gasteiger partial charge in [-0.15, -0.1) is 0 Å². The summed E-state index contributed by atoms with van der Waals surface area (Å²) in [5.41, 5.74) is 5.81. The Morgan fingerprint density at radius 3 is 2.80 bits per heavy atom. The molecule has 1 saturated heterocycles. The lowest BCUT2D eigenvalue weighted by Crippen LogP contribution is -2.41. The first-order valence-electron chi connectivity index (χ1n) is 5.89. The molecule has 1 aliphatic heterocycles. The molecule has 2 fully saturated rings. The number of hydrogen-bond acceptors (Lipinski definition) is 3. The fourth-order valence-electron chi connectivity index (χ4n) is 2.79. The molecule has 4 nitrogen and oxygen atoms in total. The monoisotopic (exact) mass is 212 g/mol. The summed E-state index contributed by atoms with van der Waals surface area (Å²) in [5, 5.41) is 9.16. The van der Waals surface area contributed by atoms with E-state index in [4.69, 9.17) is 10.8 Å². The van der Waals surface area contributed by atoms with E-state index in [1.165, 1.54) is 0 Å². The lowest BCUT2D eigenvalue weighted by Gasteiger charge is -2.26. The topological polar surface area (TPSA) is 66.6 Å². The van der Waals surface area contributed by atoms with Crippen LogP contribution in [0.4, 0.5) is 0 Å². The van der Waals surface area contributed by atoms with Crippen LogP contribution in [0, 0.1) is 5.92 Å². The van der Waals surface area contributed by atoms with E-state index in [2.05, 4.69) is 0 Å². The smallest absolute Gasteiger partial charge is 0.226 e. The molecule has 1 amide bonds. The van der Waals surface area contributed by atoms with Gasteiger partial charge in [0.25, 0.3) is 0 Å². The Kier molecular flexibility index (Phi) is 3.26. The van der Waals surface area contributed by atoms with E-state index in [9.17, 15) is 4.79 Å². The normalized spacial score (nSPS) is 36.1. The standard InChI is InChI=1S/C11H20N2O2/c12-9-4-3-8(6-9)11(15)13-5-1-2-10(13)7-14/h8-10,14H,1-7,12H2. The second kappa shape index (κ2) is 4.49. The second-order valence-corrected chi connectivity index (χ2v) is 4.78. The number of likely N-dealkylation sites (tertiary alicyclic amines) is 1. The predicted octanol–water partition coefficient (Wildman–Crippen LogP) is 0.0971. The number of aliphatic hydroxyl groups is 1. The van der Waals surface area contributed by atoms with Gasteiger partial charge in [-0.25, -0.2) is 0 Å². The minimum Gasteiger partial charge on any atom is -0.394 e. The zero-order valence-corrected chi connectivity index (χ0v) is 9.06. The van der Waals surface area contributed by atoms with Crippen LogP contribution < -0.4 is 5.73 Å². The largest absolute Gasteiger partial charge is 0.394 e. The van der Waals surface area contributed by atoms with E-state index in [0.717, 1.165) is 38.6 Å². The molecule has 0 radical (unpaired) electrons. The molecule has 0 aromatic heterocycles. The first-order chi connectivity index (χ1) is 7.22. The number of aliphatic hydroxyl groups excluding tert-OH is 1. The zero-order valence-electron chi connectivity index (χ0n) is 9.06. The summed E-state index contributed by atoms with van der Waals surface area (Å²) < 4.78 is 0. The predicted molar refractivity (Wildman–Crippen MR) is 57.1 cm³/mol. The van der Waals surface area contributed by atoms with Crippen LogP contribution in [0.25, 0.3) is 0 Å². The maximum atomic E-state index is 12.1. The number of rotatable bonds is 2. The number of carbonyl (C=O) groups is 1. The molecule has 0 aromatic rings. The molecular weight excluding hydrogens is 192 g/mol. The van der Waals surface area contributed by atoms with E-state index in [0.29, 0.717) is 0 Å². The van der Waals surface area contributed by atoms with Crippen LogP contribution in [-0.2, 0) is 4.79 Å². The molecule has 0 bridgehead atoms. The van der Waals surface area contributed by atoms with Gasteiger partial charge in [0.15, 0.2) is 0 Å². The highest BCUT2D eigenvalue weighted by atomic mass is 16.3. The molecule has 4 heteroatoms. The van der Waals surface area contributed by atoms with Gasteiger partial charge >= 0.3 is 0 Å². The third-order valence-corrected chi connectivity index (χ3v) is 3.69. The van der Waals surface area contributed by atoms with Gasteiger partial charge in [-0.1, -0.05) is 0 Å². The highest BCUT2D eigenvalue weighted by molar-refractivity contribution is 5.79. The van der Waals surface area contributed by atoms with Gasteiger partial charge in [0.1, 0.15) is 0 Å². The molecule has 0 aromatic carbocycles. The Bertz CT molecular complexity index is 245. The maximum absolute atomic E-state index is 12.1. The highest BCUT2D eigenvalue weighted by Crippen LogP contribution is 2.29. The summed E-state index contributed by atoms with van der Waals surface area (Å²) in [6.07, 6.45) is 4.69. The summed E-state index contributed by atoms with van der Waals surface area (Å²) in [6.45, 7) is 0.917. The summed E-state index contributed by atoms with van der Waals surface area (Å²) in [5.74, 6) is 0.339. The Hall–Kier alpha value is -0.610. The molecular formula is C11H20N2O2. The third-order valence-electron chi connectivity index (χ3n) is 3.69. The fourth-order valence-corrected chi connectivity index (χ4v) is 2.79. The lowest BCUT2D eigenvalue weighted by molar-refractivity contribution is -0.136. The number of hydrogen-bond donors (Lipinski definition) is 2.